The number of hydrazine groups is 1. The normalized spacial score (nSPS) is 27.7. The molecular weight excluding hydrogens is 657 g/mol. The van der Waals surface area contributed by atoms with Crippen LogP contribution in [0.15, 0.2) is 78.4 Å². The highest BCUT2D eigenvalue weighted by atomic mass is 35.5. The number of amides is 4. The van der Waals surface area contributed by atoms with Gasteiger partial charge >= 0.3 is 0 Å². The minimum Gasteiger partial charge on any atom is -0.504 e. The number of anilines is 1. The van der Waals surface area contributed by atoms with Gasteiger partial charge in [-0.1, -0.05) is 65.2 Å². The topological polar surface area (TPSA) is 134 Å². The van der Waals surface area contributed by atoms with E-state index in [2.05, 4.69) is 10.7 Å². The molecule has 6 atom stereocenters. The Bertz CT molecular complexity index is 1930. The molecule has 3 aromatic rings. The van der Waals surface area contributed by atoms with Crippen molar-refractivity contribution in [2.45, 2.75) is 18.3 Å². The van der Waals surface area contributed by atoms with Crippen molar-refractivity contribution in [1.29, 1.82) is 0 Å². The Kier molecular flexibility index (Phi) is 7.96. The van der Waals surface area contributed by atoms with Crippen molar-refractivity contribution in [2.75, 3.05) is 19.6 Å². The molecule has 48 heavy (non-hydrogen) atoms. The van der Waals surface area contributed by atoms with E-state index in [9.17, 15) is 19.5 Å². The molecule has 0 radical (unpaired) electrons. The fourth-order valence-corrected chi connectivity index (χ4v) is 8.46. The SMILES string of the molecule is COc1ccc(C23C(=O)N(Nc4ccc(Cl)cc4Cl)C(=O)C2CC2C(=CCC4C(=O)NC(=O)C42)C3C=Cc2ccc(O)c(OC)c2)cc1. The Morgan fingerprint density at radius 1 is 0.958 bits per heavy atom. The summed E-state index contributed by atoms with van der Waals surface area (Å²) in [5.74, 6) is -4.23. The lowest BCUT2D eigenvalue weighted by molar-refractivity contribution is -0.139. The second-order valence-electron chi connectivity index (χ2n) is 12.4. The van der Waals surface area contributed by atoms with Gasteiger partial charge in [0.2, 0.25) is 11.8 Å². The number of phenolic OH excluding ortho intramolecular Hbond substituents is 1. The molecule has 1 saturated carbocycles. The summed E-state index contributed by atoms with van der Waals surface area (Å²) >= 11 is 12.6. The van der Waals surface area contributed by atoms with E-state index in [0.29, 0.717) is 34.0 Å². The van der Waals surface area contributed by atoms with E-state index >= 15 is 4.79 Å². The van der Waals surface area contributed by atoms with Gasteiger partial charge in [-0.3, -0.25) is 29.9 Å². The van der Waals surface area contributed by atoms with Crippen molar-refractivity contribution < 1.29 is 33.8 Å². The molecule has 3 fully saturated rings. The van der Waals surface area contributed by atoms with E-state index in [1.807, 2.05) is 18.2 Å². The third kappa shape index (κ3) is 4.85. The Labute approximate surface area is 286 Å². The third-order valence-corrected chi connectivity index (χ3v) is 10.7. The summed E-state index contributed by atoms with van der Waals surface area (Å²) in [6.45, 7) is 0. The van der Waals surface area contributed by atoms with Gasteiger partial charge in [0.1, 0.15) is 5.75 Å². The van der Waals surface area contributed by atoms with Gasteiger partial charge in [0.25, 0.3) is 11.8 Å². The number of ether oxygens (including phenoxy) is 2. The van der Waals surface area contributed by atoms with E-state index in [4.69, 9.17) is 32.7 Å². The van der Waals surface area contributed by atoms with Crippen LogP contribution < -0.4 is 20.2 Å². The molecule has 246 valence electrons. The van der Waals surface area contributed by atoms with Crippen LogP contribution in [0, 0.1) is 29.6 Å². The molecule has 4 aliphatic rings. The van der Waals surface area contributed by atoms with Gasteiger partial charge in [-0.25, -0.2) is 0 Å². The molecule has 12 heteroatoms. The number of hydrogen-bond donors (Lipinski definition) is 3. The number of methoxy groups -OCH3 is 2. The number of imide groups is 2. The van der Waals surface area contributed by atoms with Gasteiger partial charge in [0.15, 0.2) is 11.5 Å². The molecule has 7 rings (SSSR count). The van der Waals surface area contributed by atoms with Crippen molar-refractivity contribution in [3.63, 3.8) is 0 Å². The van der Waals surface area contributed by atoms with Crippen LogP contribution in [-0.4, -0.2) is 48.0 Å². The van der Waals surface area contributed by atoms with E-state index in [1.54, 1.807) is 55.6 Å². The summed E-state index contributed by atoms with van der Waals surface area (Å²) in [5, 5.41) is 14.3. The number of nitrogens with one attached hydrogen (secondary N) is 2. The number of carbonyl (C=O) groups is 4. The molecule has 3 aromatic carbocycles. The summed E-state index contributed by atoms with van der Waals surface area (Å²) in [4.78, 5) is 55.7. The highest BCUT2D eigenvalue weighted by Crippen LogP contribution is 2.61. The van der Waals surface area contributed by atoms with Crippen LogP contribution >= 0.6 is 23.2 Å². The van der Waals surface area contributed by atoms with Gasteiger partial charge in [0, 0.05) is 10.9 Å². The van der Waals surface area contributed by atoms with Crippen molar-refractivity contribution in [3.8, 4) is 17.2 Å². The molecule has 2 aliphatic carbocycles. The largest absolute Gasteiger partial charge is 0.504 e. The third-order valence-electron chi connectivity index (χ3n) is 10.2. The maximum absolute atomic E-state index is 15.1. The van der Waals surface area contributed by atoms with Gasteiger partial charge < -0.3 is 14.6 Å². The number of halogens is 2. The minimum atomic E-state index is -1.46. The zero-order valence-electron chi connectivity index (χ0n) is 25.9. The Hall–Kier alpha value is -4.80. The molecule has 10 nitrogen and oxygen atoms in total. The number of hydrogen-bond acceptors (Lipinski definition) is 8. The first-order valence-corrected chi connectivity index (χ1v) is 16.2. The Morgan fingerprint density at radius 2 is 1.73 bits per heavy atom. The number of carbonyl (C=O) groups excluding carboxylic acids is 4. The fourth-order valence-electron chi connectivity index (χ4n) is 8.01. The van der Waals surface area contributed by atoms with Crippen LogP contribution in [-0.2, 0) is 24.6 Å². The van der Waals surface area contributed by atoms with Crippen LogP contribution in [0.25, 0.3) is 6.08 Å². The predicted octanol–water partition coefficient (Wildman–Crippen LogP) is 5.53. The smallest absolute Gasteiger partial charge is 0.260 e. The molecule has 2 saturated heterocycles. The number of fused-ring (bicyclic) bond motifs is 4. The number of aromatic hydroxyl groups is 1. The van der Waals surface area contributed by atoms with Crippen LogP contribution in [0.3, 0.4) is 0 Å². The van der Waals surface area contributed by atoms with Gasteiger partial charge in [-0.15, -0.1) is 0 Å². The van der Waals surface area contributed by atoms with Crippen molar-refractivity contribution in [3.05, 3.63) is 99.6 Å². The zero-order valence-corrected chi connectivity index (χ0v) is 27.4. The second-order valence-corrected chi connectivity index (χ2v) is 13.2. The first kappa shape index (κ1) is 31.8. The fraction of sp³-hybridized carbons (Fsp3) is 0.278. The molecular formula is C36H31Cl2N3O7. The molecule has 2 heterocycles. The van der Waals surface area contributed by atoms with E-state index < -0.39 is 46.8 Å². The molecule has 3 N–H and O–H groups in total. The second kappa shape index (κ2) is 12.0. The van der Waals surface area contributed by atoms with Crippen LogP contribution in [0.2, 0.25) is 10.0 Å². The molecule has 0 bridgehead atoms. The molecule has 0 aromatic heterocycles. The highest BCUT2D eigenvalue weighted by Gasteiger charge is 2.69. The highest BCUT2D eigenvalue weighted by molar-refractivity contribution is 6.36. The summed E-state index contributed by atoms with van der Waals surface area (Å²) in [6, 6.07) is 16.6. The van der Waals surface area contributed by atoms with Gasteiger partial charge in [-0.2, -0.15) is 5.01 Å². The average molecular weight is 689 g/mol. The summed E-state index contributed by atoms with van der Waals surface area (Å²) in [5.41, 5.74) is 3.89. The van der Waals surface area contributed by atoms with Crippen LogP contribution in [0.4, 0.5) is 5.69 Å². The summed E-state index contributed by atoms with van der Waals surface area (Å²) in [6.07, 6.45) is 6.13. The average Bonchev–Trinajstić information content (AvgIpc) is 3.49. The van der Waals surface area contributed by atoms with Crippen molar-refractivity contribution >= 4 is 58.6 Å². The summed E-state index contributed by atoms with van der Waals surface area (Å²) < 4.78 is 10.7. The first-order chi connectivity index (χ1) is 23.1. The van der Waals surface area contributed by atoms with E-state index in [0.717, 1.165) is 10.6 Å². The Balaban J connectivity index is 1.43. The lowest BCUT2D eigenvalue weighted by atomic mass is 9.50. The van der Waals surface area contributed by atoms with Crippen molar-refractivity contribution in [2.24, 2.45) is 29.6 Å². The number of nitrogens with zero attached hydrogens (tertiary/aromatic N) is 1. The number of phenols is 1. The zero-order chi connectivity index (χ0) is 33.9. The van der Waals surface area contributed by atoms with Gasteiger partial charge in [0.05, 0.1) is 48.1 Å². The van der Waals surface area contributed by atoms with Crippen LogP contribution in [0.5, 0.6) is 17.2 Å². The number of benzene rings is 3. The molecule has 0 spiro atoms. The van der Waals surface area contributed by atoms with Gasteiger partial charge in [-0.05, 0) is 72.4 Å². The molecule has 6 unspecified atom stereocenters. The first-order valence-electron chi connectivity index (χ1n) is 15.4. The van der Waals surface area contributed by atoms with E-state index in [1.165, 1.54) is 19.2 Å². The maximum atomic E-state index is 15.1. The molecule has 2 aliphatic heterocycles. The van der Waals surface area contributed by atoms with Crippen LogP contribution in [0.1, 0.15) is 24.0 Å². The van der Waals surface area contributed by atoms with Crippen molar-refractivity contribution in [1.82, 2.24) is 10.3 Å². The monoisotopic (exact) mass is 687 g/mol. The quantitative estimate of drug-likeness (QED) is 0.218. The summed E-state index contributed by atoms with van der Waals surface area (Å²) in [7, 11) is 2.99. The molecule has 4 amide bonds. The maximum Gasteiger partial charge on any atom is 0.260 e. The number of allylic oxidation sites excluding steroid dienone is 3. The predicted molar refractivity (Wildman–Crippen MR) is 178 cm³/mol. The standard InChI is InChI=1S/C36H31Cl2N3O7/c1-47-21-8-5-19(6-9-21)36-25(12-3-18-4-14-29(42)30(15-18)48-2)22-10-11-23-31(33(44)39-32(23)43)24(22)17-26(36)34(45)41(35(36)46)40-28-13-7-20(37)16-27(28)38/h3-10,12-16,23-26,31,40,42H,11,17H2,1-2H3,(H,39,43,44). The lowest BCUT2D eigenvalue weighted by Gasteiger charge is -2.49. The minimum absolute atomic E-state index is 0.0285. The number of rotatable bonds is 7. The van der Waals surface area contributed by atoms with E-state index in [-0.39, 0.29) is 34.8 Å². The Morgan fingerprint density at radius 3 is 2.44 bits per heavy atom. The lowest BCUT2D eigenvalue weighted by Crippen LogP contribution is -2.54.